The van der Waals surface area contributed by atoms with Crippen molar-refractivity contribution in [2.45, 2.75) is 11.4 Å². The summed E-state index contributed by atoms with van der Waals surface area (Å²) < 4.78 is 47.4. The summed E-state index contributed by atoms with van der Waals surface area (Å²) in [4.78, 5) is 19.8. The predicted octanol–water partition coefficient (Wildman–Crippen LogP) is 3.13. The molecule has 0 amide bonds. The van der Waals surface area contributed by atoms with Crippen LogP contribution in [0.5, 0.6) is 5.75 Å². The molecule has 0 radical (unpaired) electrons. The number of hydrogen-bond acceptors (Lipinski definition) is 8. The molecule has 0 N–H and O–H groups in total. The zero-order chi connectivity index (χ0) is 25.4. The van der Waals surface area contributed by atoms with E-state index in [1.165, 1.54) is 63.7 Å². The molecule has 0 aliphatic carbocycles. The first-order chi connectivity index (χ1) is 17.2. The predicted molar refractivity (Wildman–Crippen MR) is 135 cm³/mol. The van der Waals surface area contributed by atoms with Crippen molar-refractivity contribution >= 4 is 37.9 Å². The Labute approximate surface area is 215 Å². The summed E-state index contributed by atoms with van der Waals surface area (Å²) in [7, 11) is -2.24. The molecule has 1 aliphatic heterocycles. The van der Waals surface area contributed by atoms with Gasteiger partial charge in [0.05, 0.1) is 22.7 Å². The highest BCUT2D eigenvalue weighted by Gasteiger charge is 2.29. The van der Waals surface area contributed by atoms with E-state index in [0.717, 1.165) is 0 Å². The number of methoxy groups -OCH3 is 1. The van der Waals surface area contributed by atoms with Gasteiger partial charge < -0.3 is 4.74 Å². The molecule has 5 rings (SSSR count). The third kappa shape index (κ3) is 4.87. The lowest BCUT2D eigenvalue weighted by molar-refractivity contribution is 0.180. The molecule has 0 atom stereocenters. The fraction of sp³-hybridized carbons (Fsp3) is 0.261. The molecule has 36 heavy (non-hydrogen) atoms. The molecule has 1 aliphatic rings. The van der Waals surface area contributed by atoms with Gasteiger partial charge in [0.15, 0.2) is 0 Å². The summed E-state index contributed by atoms with van der Waals surface area (Å²) in [5, 5.41) is 5.01. The van der Waals surface area contributed by atoms with Gasteiger partial charge in [-0.3, -0.25) is 9.69 Å². The summed E-state index contributed by atoms with van der Waals surface area (Å²) in [5.74, 6) is 0.0220. The van der Waals surface area contributed by atoms with Gasteiger partial charge in [0.1, 0.15) is 16.6 Å². The maximum Gasteiger partial charge on any atom is 0.275 e. The first-order valence-electron chi connectivity index (χ1n) is 11.0. The fourth-order valence-electron chi connectivity index (χ4n) is 3.99. The van der Waals surface area contributed by atoms with Gasteiger partial charge in [-0.15, -0.1) is 0 Å². The number of rotatable bonds is 6. The first-order valence-corrected chi connectivity index (χ1v) is 13.6. The maximum atomic E-state index is 13.6. The third-order valence-electron chi connectivity index (χ3n) is 5.85. The molecule has 2 aromatic heterocycles. The SMILES string of the molecule is COc1ccc(S(=O)(=O)N2CCN(Cc3cc(=O)n4nc(-c5cccc(F)c5)sc4n3)CC2)cc1Cl. The summed E-state index contributed by atoms with van der Waals surface area (Å²) in [6, 6.07) is 11.8. The number of piperazine rings is 1. The minimum Gasteiger partial charge on any atom is -0.495 e. The van der Waals surface area contributed by atoms with Crippen LogP contribution in [0.2, 0.25) is 5.02 Å². The lowest BCUT2D eigenvalue weighted by atomic mass is 10.2. The van der Waals surface area contributed by atoms with Gasteiger partial charge in [-0.25, -0.2) is 17.8 Å². The smallest absolute Gasteiger partial charge is 0.275 e. The van der Waals surface area contributed by atoms with E-state index in [0.29, 0.717) is 46.6 Å². The van der Waals surface area contributed by atoms with Crippen molar-refractivity contribution < 1.29 is 17.5 Å². The number of aromatic nitrogens is 3. The molecule has 0 saturated carbocycles. The Morgan fingerprint density at radius 1 is 1.11 bits per heavy atom. The summed E-state index contributed by atoms with van der Waals surface area (Å²) in [6.07, 6.45) is 0. The highest BCUT2D eigenvalue weighted by atomic mass is 35.5. The van der Waals surface area contributed by atoms with Crippen molar-refractivity contribution in [1.29, 1.82) is 0 Å². The number of fused-ring (bicyclic) bond motifs is 1. The lowest BCUT2D eigenvalue weighted by Crippen LogP contribution is -2.48. The number of benzene rings is 2. The third-order valence-corrected chi connectivity index (χ3v) is 9.00. The molecule has 2 aromatic carbocycles. The second-order valence-corrected chi connectivity index (χ2v) is 11.5. The van der Waals surface area contributed by atoms with Crippen LogP contribution in [0.25, 0.3) is 15.5 Å². The second kappa shape index (κ2) is 9.87. The van der Waals surface area contributed by atoms with Crippen LogP contribution in [0.1, 0.15) is 5.69 Å². The highest BCUT2D eigenvalue weighted by Crippen LogP contribution is 2.29. The van der Waals surface area contributed by atoms with E-state index in [2.05, 4.69) is 10.1 Å². The van der Waals surface area contributed by atoms with E-state index in [4.69, 9.17) is 16.3 Å². The van der Waals surface area contributed by atoms with Crippen molar-refractivity contribution in [3.05, 3.63) is 75.4 Å². The molecule has 188 valence electrons. The van der Waals surface area contributed by atoms with Gasteiger partial charge in [-0.2, -0.15) is 13.9 Å². The fourth-order valence-corrected chi connectivity index (χ4v) is 6.68. The van der Waals surface area contributed by atoms with Gasteiger partial charge in [0.2, 0.25) is 15.0 Å². The van der Waals surface area contributed by atoms with E-state index >= 15 is 0 Å². The molecular formula is C23H21ClFN5O4S2. The number of ether oxygens (including phenoxy) is 1. The van der Waals surface area contributed by atoms with Crippen molar-refractivity contribution in [3.8, 4) is 16.3 Å². The largest absolute Gasteiger partial charge is 0.495 e. The Morgan fingerprint density at radius 3 is 2.58 bits per heavy atom. The zero-order valence-electron chi connectivity index (χ0n) is 19.1. The molecule has 0 bridgehead atoms. The van der Waals surface area contributed by atoms with Crippen LogP contribution in [-0.4, -0.2) is 65.5 Å². The average molecular weight is 550 g/mol. The number of sulfonamides is 1. The van der Waals surface area contributed by atoms with Gasteiger partial charge in [0.25, 0.3) is 5.56 Å². The molecule has 3 heterocycles. The maximum absolute atomic E-state index is 13.6. The van der Waals surface area contributed by atoms with Gasteiger partial charge in [-0.05, 0) is 30.3 Å². The van der Waals surface area contributed by atoms with Gasteiger partial charge in [0, 0.05) is 44.4 Å². The Bertz CT molecular complexity index is 1600. The zero-order valence-corrected chi connectivity index (χ0v) is 21.5. The molecule has 9 nitrogen and oxygen atoms in total. The molecule has 4 aromatic rings. The second-order valence-electron chi connectivity index (χ2n) is 8.17. The van der Waals surface area contributed by atoms with Crippen LogP contribution in [0.3, 0.4) is 0 Å². The van der Waals surface area contributed by atoms with Crippen LogP contribution < -0.4 is 10.3 Å². The normalized spacial score (nSPS) is 15.4. The van der Waals surface area contributed by atoms with Crippen molar-refractivity contribution in [1.82, 2.24) is 23.8 Å². The average Bonchev–Trinajstić information content (AvgIpc) is 3.29. The van der Waals surface area contributed by atoms with E-state index in [1.807, 2.05) is 4.90 Å². The minimum absolute atomic E-state index is 0.112. The van der Waals surface area contributed by atoms with E-state index in [-0.39, 0.29) is 34.4 Å². The van der Waals surface area contributed by atoms with Crippen molar-refractivity contribution in [2.75, 3.05) is 33.3 Å². The standard InChI is InChI=1S/C23H21ClFN5O4S2/c1-34-20-6-5-18(13-19(20)24)36(32,33)29-9-7-28(8-10-29)14-17-12-21(31)30-23(26-17)35-22(27-30)15-3-2-4-16(25)11-15/h2-6,11-13H,7-10,14H2,1H3. The lowest BCUT2D eigenvalue weighted by Gasteiger charge is -2.33. The molecule has 0 unspecified atom stereocenters. The topological polar surface area (TPSA) is 97.1 Å². The first kappa shape index (κ1) is 24.8. The molecule has 13 heteroatoms. The molecule has 1 fully saturated rings. The van der Waals surface area contributed by atoms with Crippen LogP contribution in [0, 0.1) is 5.82 Å². The van der Waals surface area contributed by atoms with E-state index in [9.17, 15) is 17.6 Å². The van der Waals surface area contributed by atoms with Crippen LogP contribution in [0.15, 0.2) is 58.2 Å². The Balaban J connectivity index is 1.29. The Morgan fingerprint density at radius 2 is 1.89 bits per heavy atom. The van der Waals surface area contributed by atoms with Crippen LogP contribution >= 0.6 is 22.9 Å². The molecule has 1 saturated heterocycles. The molecular weight excluding hydrogens is 529 g/mol. The Kier molecular flexibility index (Phi) is 6.79. The van der Waals surface area contributed by atoms with Crippen LogP contribution in [-0.2, 0) is 16.6 Å². The van der Waals surface area contributed by atoms with E-state index < -0.39 is 10.0 Å². The molecule has 0 spiro atoms. The quantitative estimate of drug-likeness (QED) is 0.364. The Hall–Kier alpha value is -2.90. The van der Waals surface area contributed by atoms with Gasteiger partial charge >= 0.3 is 0 Å². The number of nitrogens with zero attached hydrogens (tertiary/aromatic N) is 5. The van der Waals surface area contributed by atoms with E-state index in [1.54, 1.807) is 12.1 Å². The van der Waals surface area contributed by atoms with Crippen LogP contribution in [0.4, 0.5) is 4.39 Å². The van der Waals surface area contributed by atoms with Crippen molar-refractivity contribution in [3.63, 3.8) is 0 Å². The van der Waals surface area contributed by atoms with Gasteiger partial charge in [-0.1, -0.05) is 35.1 Å². The number of hydrogen-bond donors (Lipinski definition) is 0. The summed E-state index contributed by atoms with van der Waals surface area (Å²) >= 11 is 7.32. The summed E-state index contributed by atoms with van der Waals surface area (Å²) in [5.41, 5.74) is 0.807. The summed E-state index contributed by atoms with van der Waals surface area (Å²) in [6.45, 7) is 1.92. The number of halogens is 2. The minimum atomic E-state index is -3.70. The monoisotopic (exact) mass is 549 g/mol. The van der Waals surface area contributed by atoms with Crippen molar-refractivity contribution in [2.24, 2.45) is 0 Å². The highest BCUT2D eigenvalue weighted by molar-refractivity contribution is 7.89.